The molecule has 12 heavy (non-hydrogen) atoms. The largest absolute Gasteiger partial charge is 0.328 e. The van der Waals surface area contributed by atoms with Crippen LogP contribution < -0.4 is 5.73 Å². The molecule has 1 atom stereocenters. The van der Waals surface area contributed by atoms with E-state index >= 15 is 0 Å². The average molecular weight is 172 g/mol. The Bertz CT molecular complexity index is 89.8. The third-order valence-electron chi connectivity index (χ3n) is 2.37. The van der Waals surface area contributed by atoms with Crippen molar-refractivity contribution in [3.8, 4) is 0 Å². The number of hydrogen-bond acceptors (Lipinski definition) is 2. The Labute approximate surface area is 77.1 Å². The molecule has 0 amide bonds. The summed E-state index contributed by atoms with van der Waals surface area (Å²) in [4.78, 5) is 2.43. The zero-order chi connectivity index (χ0) is 9.40. The van der Waals surface area contributed by atoms with Crippen LogP contribution in [0.3, 0.4) is 0 Å². The van der Waals surface area contributed by atoms with Gasteiger partial charge in [0, 0.05) is 6.04 Å². The molecule has 0 rings (SSSR count). The van der Waals surface area contributed by atoms with Gasteiger partial charge in [-0.15, -0.1) is 0 Å². The van der Waals surface area contributed by atoms with Gasteiger partial charge in [-0.1, -0.05) is 27.2 Å². The third-order valence-corrected chi connectivity index (χ3v) is 2.37. The first-order chi connectivity index (χ1) is 5.74. The second-order valence-electron chi connectivity index (χ2n) is 3.36. The Morgan fingerprint density at radius 1 is 1.08 bits per heavy atom. The average Bonchev–Trinajstić information content (AvgIpc) is 2.07. The lowest BCUT2D eigenvalue weighted by atomic mass is 10.1. The maximum atomic E-state index is 5.92. The number of rotatable bonds is 7. The van der Waals surface area contributed by atoms with Crippen LogP contribution in [-0.2, 0) is 0 Å². The van der Waals surface area contributed by atoms with Crippen LogP contribution in [0.2, 0.25) is 0 Å². The Kier molecular flexibility index (Phi) is 7.51. The first-order valence-corrected chi connectivity index (χ1v) is 5.22. The summed E-state index contributed by atoms with van der Waals surface area (Å²) >= 11 is 0. The molecule has 0 heterocycles. The summed E-state index contributed by atoms with van der Waals surface area (Å²) in [6.07, 6.45) is 3.52. The van der Waals surface area contributed by atoms with Gasteiger partial charge in [-0.25, -0.2) is 0 Å². The molecular weight excluding hydrogens is 148 g/mol. The summed E-state index contributed by atoms with van der Waals surface area (Å²) in [5.74, 6) is 0. The Morgan fingerprint density at radius 2 is 1.67 bits per heavy atom. The van der Waals surface area contributed by atoms with Crippen LogP contribution in [0.25, 0.3) is 0 Å². The van der Waals surface area contributed by atoms with E-state index in [-0.39, 0.29) is 0 Å². The van der Waals surface area contributed by atoms with Crippen LogP contribution in [0.1, 0.15) is 40.0 Å². The fourth-order valence-electron chi connectivity index (χ4n) is 1.40. The number of hydrogen-bond donors (Lipinski definition) is 1. The van der Waals surface area contributed by atoms with Crippen molar-refractivity contribution < 1.29 is 0 Å². The van der Waals surface area contributed by atoms with Gasteiger partial charge >= 0.3 is 0 Å². The second kappa shape index (κ2) is 7.56. The molecule has 0 aliphatic heterocycles. The fourth-order valence-corrected chi connectivity index (χ4v) is 1.40. The van der Waals surface area contributed by atoms with Gasteiger partial charge in [0.2, 0.25) is 0 Å². The van der Waals surface area contributed by atoms with Gasteiger partial charge in [-0.05, 0) is 32.5 Å². The summed E-state index contributed by atoms with van der Waals surface area (Å²) in [6.45, 7) is 10.1. The van der Waals surface area contributed by atoms with Crippen LogP contribution >= 0.6 is 0 Å². The van der Waals surface area contributed by atoms with E-state index in [1.54, 1.807) is 0 Å². The van der Waals surface area contributed by atoms with Gasteiger partial charge in [0.1, 0.15) is 0 Å². The molecule has 74 valence electrons. The Balaban J connectivity index is 3.37. The zero-order valence-electron chi connectivity index (χ0n) is 8.84. The van der Waals surface area contributed by atoms with Crippen molar-refractivity contribution in [1.82, 2.24) is 4.90 Å². The minimum absolute atomic E-state index is 0.413. The van der Waals surface area contributed by atoms with Crippen LogP contribution in [0, 0.1) is 0 Å². The smallest absolute Gasteiger partial charge is 0.00509 e. The number of nitrogens with zero attached hydrogens (tertiary/aromatic N) is 1. The molecule has 0 aromatic rings. The lowest BCUT2D eigenvalue weighted by molar-refractivity contribution is 0.287. The summed E-state index contributed by atoms with van der Waals surface area (Å²) in [6, 6.07) is 0.413. The molecule has 0 spiro atoms. The molecule has 0 bridgehead atoms. The Morgan fingerprint density at radius 3 is 2.08 bits per heavy atom. The predicted molar refractivity (Wildman–Crippen MR) is 55.3 cm³/mol. The molecule has 0 saturated carbocycles. The second-order valence-corrected chi connectivity index (χ2v) is 3.36. The van der Waals surface area contributed by atoms with E-state index in [1.807, 2.05) is 0 Å². The molecule has 2 N–H and O–H groups in total. The minimum Gasteiger partial charge on any atom is -0.328 e. The molecule has 0 aromatic heterocycles. The predicted octanol–water partition coefficient (Wildman–Crippen LogP) is 1.85. The van der Waals surface area contributed by atoms with E-state index < -0.39 is 0 Å². The highest BCUT2D eigenvalue weighted by molar-refractivity contribution is 4.63. The highest BCUT2D eigenvalue weighted by Gasteiger charge is 2.03. The van der Waals surface area contributed by atoms with Gasteiger partial charge in [-0.2, -0.15) is 0 Å². The lowest BCUT2D eigenvalue weighted by Crippen LogP contribution is -2.30. The van der Waals surface area contributed by atoms with Crippen molar-refractivity contribution in [3.63, 3.8) is 0 Å². The lowest BCUT2D eigenvalue weighted by Gasteiger charge is -2.20. The highest BCUT2D eigenvalue weighted by Crippen LogP contribution is 2.00. The molecule has 0 unspecified atom stereocenters. The van der Waals surface area contributed by atoms with Crippen LogP contribution in [0.5, 0.6) is 0 Å². The molecule has 0 fully saturated rings. The van der Waals surface area contributed by atoms with Crippen molar-refractivity contribution in [2.24, 2.45) is 5.73 Å². The van der Waals surface area contributed by atoms with Gasteiger partial charge in [-0.3, -0.25) is 0 Å². The first-order valence-electron chi connectivity index (χ1n) is 5.22. The molecule has 0 aliphatic carbocycles. The summed E-state index contributed by atoms with van der Waals surface area (Å²) in [5, 5.41) is 0. The minimum atomic E-state index is 0.413. The maximum absolute atomic E-state index is 5.92. The van der Waals surface area contributed by atoms with Gasteiger partial charge in [0.05, 0.1) is 0 Å². The molecule has 0 aliphatic rings. The van der Waals surface area contributed by atoms with Crippen LogP contribution in [-0.4, -0.2) is 30.6 Å². The van der Waals surface area contributed by atoms with Gasteiger partial charge in [0.15, 0.2) is 0 Å². The van der Waals surface area contributed by atoms with Crippen LogP contribution in [0.4, 0.5) is 0 Å². The van der Waals surface area contributed by atoms with Crippen molar-refractivity contribution in [2.45, 2.75) is 46.1 Å². The van der Waals surface area contributed by atoms with Gasteiger partial charge < -0.3 is 10.6 Å². The normalized spacial score (nSPS) is 13.8. The molecule has 0 radical (unpaired) electrons. The van der Waals surface area contributed by atoms with Crippen molar-refractivity contribution in [2.75, 3.05) is 19.6 Å². The standard InChI is InChI=1S/C10H24N2/c1-4-7-10(11)8-9-12(5-2)6-3/h10H,4-9,11H2,1-3H3/t10-/m0/s1. The number of nitrogens with two attached hydrogens (primary N) is 1. The van der Waals surface area contributed by atoms with E-state index in [9.17, 15) is 0 Å². The Hall–Kier alpha value is -0.0800. The summed E-state index contributed by atoms with van der Waals surface area (Å²) in [5.41, 5.74) is 5.92. The van der Waals surface area contributed by atoms with E-state index in [0.717, 1.165) is 26.1 Å². The molecule has 0 saturated heterocycles. The molecule has 0 aromatic carbocycles. The quantitative estimate of drug-likeness (QED) is 0.635. The molecule has 2 nitrogen and oxygen atoms in total. The fraction of sp³-hybridized carbons (Fsp3) is 1.00. The summed E-state index contributed by atoms with van der Waals surface area (Å²) in [7, 11) is 0. The summed E-state index contributed by atoms with van der Waals surface area (Å²) < 4.78 is 0. The molecular formula is C10H24N2. The zero-order valence-corrected chi connectivity index (χ0v) is 8.84. The SMILES string of the molecule is CCC[C@H](N)CCN(CC)CC. The maximum Gasteiger partial charge on any atom is 0.00509 e. The third kappa shape index (κ3) is 5.56. The highest BCUT2D eigenvalue weighted by atomic mass is 15.1. The first kappa shape index (κ1) is 11.9. The van der Waals surface area contributed by atoms with Gasteiger partial charge in [0.25, 0.3) is 0 Å². The van der Waals surface area contributed by atoms with Crippen LogP contribution in [0.15, 0.2) is 0 Å². The monoisotopic (exact) mass is 172 g/mol. The van der Waals surface area contributed by atoms with Crippen molar-refractivity contribution >= 4 is 0 Å². The van der Waals surface area contributed by atoms with Crippen molar-refractivity contribution in [3.05, 3.63) is 0 Å². The van der Waals surface area contributed by atoms with E-state index in [1.165, 1.54) is 12.8 Å². The van der Waals surface area contributed by atoms with E-state index in [2.05, 4.69) is 25.7 Å². The van der Waals surface area contributed by atoms with E-state index in [0.29, 0.717) is 6.04 Å². The van der Waals surface area contributed by atoms with E-state index in [4.69, 9.17) is 5.73 Å². The topological polar surface area (TPSA) is 29.3 Å². The molecule has 2 heteroatoms. The van der Waals surface area contributed by atoms with Crippen molar-refractivity contribution in [1.29, 1.82) is 0 Å².